The lowest BCUT2D eigenvalue weighted by molar-refractivity contribution is 0.0631. The number of rotatable bonds is 4. The third-order valence-corrected chi connectivity index (χ3v) is 3.20. The summed E-state index contributed by atoms with van der Waals surface area (Å²) in [6.07, 6.45) is 4.10. The van der Waals surface area contributed by atoms with Crippen LogP contribution in [0, 0.1) is 0 Å². The van der Waals surface area contributed by atoms with Gasteiger partial charge in [0.1, 0.15) is 5.69 Å². The normalized spacial score (nSPS) is 16.4. The number of anilines is 1. The van der Waals surface area contributed by atoms with Gasteiger partial charge in [0, 0.05) is 26.2 Å². The second-order valence-corrected chi connectivity index (χ2v) is 4.57. The lowest BCUT2D eigenvalue weighted by Crippen LogP contribution is -2.49. The number of nitrogens with two attached hydrogens (primary N) is 1. The molecule has 0 unspecified atom stereocenters. The first-order valence-corrected chi connectivity index (χ1v) is 6.55. The zero-order chi connectivity index (χ0) is 13.7. The van der Waals surface area contributed by atoms with Crippen LogP contribution < -0.4 is 11.3 Å². The Morgan fingerprint density at radius 3 is 2.74 bits per heavy atom. The lowest BCUT2D eigenvalue weighted by Gasteiger charge is -2.34. The lowest BCUT2D eigenvalue weighted by atomic mass is 10.2. The van der Waals surface area contributed by atoms with Crippen LogP contribution in [0.3, 0.4) is 0 Å². The minimum absolute atomic E-state index is 0.0826. The van der Waals surface area contributed by atoms with Crippen LogP contribution in [-0.2, 0) is 0 Å². The maximum atomic E-state index is 12.3. The molecule has 0 bridgehead atoms. The molecule has 0 atom stereocenters. The number of carbonyl (C=O) groups excluding carboxylic acids is 1. The second-order valence-electron chi connectivity index (χ2n) is 4.57. The highest BCUT2D eigenvalue weighted by Gasteiger charge is 2.22. The fraction of sp³-hybridized carbons (Fsp3) is 0.583. The maximum absolute atomic E-state index is 12.3. The molecule has 1 amide bonds. The van der Waals surface area contributed by atoms with Gasteiger partial charge in [-0.3, -0.25) is 14.7 Å². The van der Waals surface area contributed by atoms with Crippen LogP contribution >= 0.6 is 0 Å². The summed E-state index contributed by atoms with van der Waals surface area (Å²) in [5.41, 5.74) is 2.73. The molecule has 3 N–H and O–H groups in total. The smallest absolute Gasteiger partial charge is 0.274 e. The summed E-state index contributed by atoms with van der Waals surface area (Å²) in [7, 11) is 0. The number of hydrazine groups is 1. The van der Waals surface area contributed by atoms with E-state index >= 15 is 0 Å². The van der Waals surface area contributed by atoms with Crippen molar-refractivity contribution < 1.29 is 4.79 Å². The van der Waals surface area contributed by atoms with E-state index in [0.29, 0.717) is 11.5 Å². The molecule has 1 aliphatic heterocycles. The molecule has 1 fully saturated rings. The fourth-order valence-corrected chi connectivity index (χ4v) is 2.19. The van der Waals surface area contributed by atoms with Gasteiger partial charge in [0.25, 0.3) is 5.91 Å². The monoisotopic (exact) mass is 264 g/mol. The number of nitrogens with zero attached hydrogens (tertiary/aromatic N) is 4. The number of amides is 1. The zero-order valence-corrected chi connectivity index (χ0v) is 11.2. The van der Waals surface area contributed by atoms with E-state index < -0.39 is 0 Å². The quantitative estimate of drug-likeness (QED) is 0.585. The molecule has 7 nitrogen and oxygen atoms in total. The van der Waals surface area contributed by atoms with E-state index in [1.165, 1.54) is 12.4 Å². The fourth-order valence-electron chi connectivity index (χ4n) is 2.19. The van der Waals surface area contributed by atoms with Crippen LogP contribution in [-0.4, -0.2) is 58.4 Å². The largest absolute Gasteiger partial charge is 0.335 e. The van der Waals surface area contributed by atoms with Gasteiger partial charge in [0.15, 0.2) is 5.82 Å². The Morgan fingerprint density at radius 2 is 2.11 bits per heavy atom. The molecule has 0 aromatic carbocycles. The summed E-state index contributed by atoms with van der Waals surface area (Å²) in [6.45, 7) is 6.57. The van der Waals surface area contributed by atoms with E-state index in [4.69, 9.17) is 5.84 Å². The molecular formula is C12H20N6O. The SMILES string of the molecule is CCCN1CCN(C(=O)c2cncc(NN)n2)CC1. The minimum Gasteiger partial charge on any atom is -0.335 e. The van der Waals surface area contributed by atoms with Crippen molar-refractivity contribution in [3.05, 3.63) is 18.1 Å². The number of hydrogen-bond donors (Lipinski definition) is 2. The van der Waals surface area contributed by atoms with E-state index in [0.717, 1.165) is 39.1 Å². The van der Waals surface area contributed by atoms with Gasteiger partial charge in [-0.05, 0) is 13.0 Å². The number of carbonyl (C=O) groups is 1. The summed E-state index contributed by atoms with van der Waals surface area (Å²) in [5.74, 6) is 5.58. The van der Waals surface area contributed by atoms with Gasteiger partial charge in [-0.25, -0.2) is 10.8 Å². The van der Waals surface area contributed by atoms with Crippen LogP contribution in [0.4, 0.5) is 5.82 Å². The molecule has 0 saturated carbocycles. The zero-order valence-electron chi connectivity index (χ0n) is 11.2. The van der Waals surface area contributed by atoms with Crippen molar-refractivity contribution in [2.75, 3.05) is 38.1 Å². The average Bonchev–Trinajstić information content (AvgIpc) is 2.48. The first-order valence-electron chi connectivity index (χ1n) is 6.55. The molecule has 1 aromatic heterocycles. The Kier molecular flexibility index (Phi) is 4.64. The Hall–Kier alpha value is -1.73. The van der Waals surface area contributed by atoms with Crippen molar-refractivity contribution in [1.29, 1.82) is 0 Å². The number of hydrogen-bond acceptors (Lipinski definition) is 6. The van der Waals surface area contributed by atoms with Crippen LogP contribution in [0.5, 0.6) is 0 Å². The Balaban J connectivity index is 1.97. The molecule has 1 saturated heterocycles. The van der Waals surface area contributed by atoms with Crippen molar-refractivity contribution in [3.63, 3.8) is 0 Å². The summed E-state index contributed by atoms with van der Waals surface area (Å²) < 4.78 is 0. The van der Waals surface area contributed by atoms with Crippen LogP contribution in [0.15, 0.2) is 12.4 Å². The van der Waals surface area contributed by atoms with Gasteiger partial charge in [-0.15, -0.1) is 0 Å². The highest BCUT2D eigenvalue weighted by Crippen LogP contribution is 2.08. The molecule has 0 aliphatic carbocycles. The third-order valence-electron chi connectivity index (χ3n) is 3.20. The summed E-state index contributed by atoms with van der Waals surface area (Å²) in [4.78, 5) is 24.5. The molecule has 2 heterocycles. The highest BCUT2D eigenvalue weighted by molar-refractivity contribution is 5.92. The summed E-state index contributed by atoms with van der Waals surface area (Å²) >= 11 is 0. The molecule has 104 valence electrons. The van der Waals surface area contributed by atoms with Crippen molar-refractivity contribution >= 4 is 11.7 Å². The number of nitrogens with one attached hydrogen (secondary N) is 1. The van der Waals surface area contributed by atoms with Crippen LogP contribution in [0.2, 0.25) is 0 Å². The van der Waals surface area contributed by atoms with Gasteiger partial charge < -0.3 is 10.3 Å². The number of piperazine rings is 1. The minimum atomic E-state index is -0.0826. The molecule has 0 radical (unpaired) electrons. The van der Waals surface area contributed by atoms with Crippen molar-refractivity contribution in [2.45, 2.75) is 13.3 Å². The molecule has 2 rings (SSSR count). The van der Waals surface area contributed by atoms with Crippen molar-refractivity contribution in [1.82, 2.24) is 19.8 Å². The van der Waals surface area contributed by atoms with E-state index in [2.05, 4.69) is 27.2 Å². The van der Waals surface area contributed by atoms with Gasteiger partial charge in [0.05, 0.1) is 12.4 Å². The van der Waals surface area contributed by atoms with Crippen LogP contribution in [0.25, 0.3) is 0 Å². The maximum Gasteiger partial charge on any atom is 0.274 e. The third kappa shape index (κ3) is 3.39. The molecule has 7 heteroatoms. The Morgan fingerprint density at radius 1 is 1.37 bits per heavy atom. The predicted molar refractivity (Wildman–Crippen MR) is 72.5 cm³/mol. The van der Waals surface area contributed by atoms with E-state index in [1.54, 1.807) is 0 Å². The molecule has 0 spiro atoms. The van der Waals surface area contributed by atoms with E-state index in [-0.39, 0.29) is 5.91 Å². The number of nitrogen functional groups attached to an aromatic ring is 1. The predicted octanol–water partition coefficient (Wildman–Crippen LogP) is -0.0700. The van der Waals surface area contributed by atoms with Gasteiger partial charge in [-0.2, -0.15) is 0 Å². The Labute approximate surface area is 112 Å². The van der Waals surface area contributed by atoms with Gasteiger partial charge in [0.2, 0.25) is 0 Å². The van der Waals surface area contributed by atoms with Crippen LogP contribution in [0.1, 0.15) is 23.8 Å². The highest BCUT2D eigenvalue weighted by atomic mass is 16.2. The van der Waals surface area contributed by atoms with Gasteiger partial charge in [-0.1, -0.05) is 6.92 Å². The second kappa shape index (κ2) is 6.44. The van der Waals surface area contributed by atoms with Crippen molar-refractivity contribution in [2.24, 2.45) is 5.84 Å². The molecule has 1 aliphatic rings. The van der Waals surface area contributed by atoms with E-state index in [1.807, 2.05) is 4.90 Å². The van der Waals surface area contributed by atoms with E-state index in [9.17, 15) is 4.79 Å². The van der Waals surface area contributed by atoms with Gasteiger partial charge >= 0.3 is 0 Å². The molecular weight excluding hydrogens is 244 g/mol. The first-order chi connectivity index (χ1) is 9.24. The van der Waals surface area contributed by atoms with Crippen molar-refractivity contribution in [3.8, 4) is 0 Å². The number of aromatic nitrogens is 2. The topological polar surface area (TPSA) is 87.4 Å². The molecule has 19 heavy (non-hydrogen) atoms. The first kappa shape index (κ1) is 13.7. The summed E-state index contributed by atoms with van der Waals surface area (Å²) in [6, 6.07) is 0. The molecule has 1 aromatic rings. The average molecular weight is 264 g/mol. The Bertz CT molecular complexity index is 430. The standard InChI is InChI=1S/C12H20N6O/c1-2-3-17-4-6-18(7-5-17)12(19)10-8-14-9-11(15-10)16-13/h8-9H,2-7,13H2,1H3,(H,15,16). The summed E-state index contributed by atoms with van der Waals surface area (Å²) in [5, 5.41) is 0.